The molecule has 0 unspecified atom stereocenters. The molecule has 0 N–H and O–H groups in total. The molecule has 0 saturated carbocycles. The molecular weight excluding hydrogens is 236 g/mol. The van der Waals surface area contributed by atoms with Gasteiger partial charge in [-0.05, 0) is 30.2 Å². The highest BCUT2D eigenvalue weighted by Crippen LogP contribution is 2.14. The Kier molecular flexibility index (Phi) is 2.88. The Hall–Kier alpha value is -2.42. The lowest BCUT2D eigenvalue weighted by Gasteiger charge is -2.01. The zero-order valence-electron chi connectivity index (χ0n) is 10.7. The van der Waals surface area contributed by atoms with Gasteiger partial charge >= 0.3 is 0 Å². The van der Waals surface area contributed by atoms with Crippen LogP contribution in [-0.2, 0) is 6.42 Å². The number of rotatable bonds is 3. The minimum atomic E-state index is 0.660. The number of carbonyl (C=O) groups is 1. The molecule has 0 aliphatic heterocycles. The molecule has 2 aromatic heterocycles. The first-order valence-corrected chi connectivity index (χ1v) is 6.23. The van der Waals surface area contributed by atoms with Crippen LogP contribution in [0.25, 0.3) is 5.65 Å². The second-order valence-electron chi connectivity index (χ2n) is 4.68. The highest BCUT2D eigenvalue weighted by Gasteiger charge is 2.05. The van der Waals surface area contributed by atoms with Gasteiger partial charge in [-0.3, -0.25) is 4.79 Å². The molecule has 0 saturated heterocycles. The third-order valence-electron chi connectivity index (χ3n) is 3.29. The van der Waals surface area contributed by atoms with Crippen molar-refractivity contribution < 1.29 is 4.79 Å². The molecule has 3 rings (SSSR count). The van der Waals surface area contributed by atoms with E-state index in [1.807, 2.05) is 28.8 Å². The number of aromatic nitrogens is 2. The minimum Gasteiger partial charge on any atom is -0.306 e. The molecule has 3 heteroatoms. The van der Waals surface area contributed by atoms with Crippen LogP contribution in [-0.4, -0.2) is 15.7 Å². The third-order valence-corrected chi connectivity index (χ3v) is 3.29. The Labute approximate surface area is 111 Å². The molecule has 0 radical (unpaired) electrons. The SMILES string of the molecule is Cc1ccccc1Cc1cn2cc(C=O)ccc2n1. The van der Waals surface area contributed by atoms with Crippen LogP contribution < -0.4 is 0 Å². The summed E-state index contributed by atoms with van der Waals surface area (Å²) in [4.78, 5) is 15.3. The van der Waals surface area contributed by atoms with E-state index < -0.39 is 0 Å². The molecule has 0 aliphatic rings. The first-order valence-electron chi connectivity index (χ1n) is 6.23. The van der Waals surface area contributed by atoms with Crippen LogP contribution in [0, 0.1) is 6.92 Å². The van der Waals surface area contributed by atoms with Gasteiger partial charge in [0.05, 0.1) is 5.69 Å². The van der Waals surface area contributed by atoms with Crippen LogP contribution in [0.15, 0.2) is 48.8 Å². The summed E-state index contributed by atoms with van der Waals surface area (Å²) in [6.45, 7) is 2.11. The van der Waals surface area contributed by atoms with Crippen molar-refractivity contribution in [2.75, 3.05) is 0 Å². The molecular formula is C16H14N2O. The number of aldehydes is 1. The molecule has 0 amide bonds. The monoisotopic (exact) mass is 250 g/mol. The lowest BCUT2D eigenvalue weighted by molar-refractivity contribution is 0.112. The molecule has 0 aliphatic carbocycles. The largest absolute Gasteiger partial charge is 0.306 e. The van der Waals surface area contributed by atoms with Crippen molar-refractivity contribution in [3.8, 4) is 0 Å². The summed E-state index contributed by atoms with van der Waals surface area (Å²) in [6, 6.07) is 12.0. The average Bonchev–Trinajstić information content (AvgIpc) is 2.82. The van der Waals surface area contributed by atoms with Gasteiger partial charge in [0, 0.05) is 24.4 Å². The van der Waals surface area contributed by atoms with Crippen LogP contribution in [0.1, 0.15) is 27.2 Å². The Bertz CT molecular complexity index is 743. The van der Waals surface area contributed by atoms with Crippen molar-refractivity contribution in [2.45, 2.75) is 13.3 Å². The Morgan fingerprint density at radius 3 is 2.79 bits per heavy atom. The van der Waals surface area contributed by atoms with Gasteiger partial charge in [-0.15, -0.1) is 0 Å². The van der Waals surface area contributed by atoms with E-state index in [4.69, 9.17) is 0 Å². The van der Waals surface area contributed by atoms with Crippen molar-refractivity contribution in [3.63, 3.8) is 0 Å². The summed E-state index contributed by atoms with van der Waals surface area (Å²) in [6.07, 6.45) is 5.44. The van der Waals surface area contributed by atoms with Gasteiger partial charge in [-0.2, -0.15) is 0 Å². The predicted molar refractivity (Wildman–Crippen MR) is 74.6 cm³/mol. The molecule has 0 atom stereocenters. The number of hydrogen-bond acceptors (Lipinski definition) is 2. The van der Waals surface area contributed by atoms with Crippen molar-refractivity contribution in [1.82, 2.24) is 9.38 Å². The zero-order chi connectivity index (χ0) is 13.2. The van der Waals surface area contributed by atoms with Gasteiger partial charge in [0.1, 0.15) is 5.65 Å². The van der Waals surface area contributed by atoms with E-state index >= 15 is 0 Å². The molecule has 3 aromatic rings. The maximum absolute atomic E-state index is 10.8. The van der Waals surface area contributed by atoms with Crippen molar-refractivity contribution in [2.24, 2.45) is 0 Å². The lowest BCUT2D eigenvalue weighted by atomic mass is 10.0. The van der Waals surface area contributed by atoms with E-state index in [0.717, 1.165) is 24.0 Å². The van der Waals surface area contributed by atoms with Crippen LogP contribution in [0.4, 0.5) is 0 Å². The lowest BCUT2D eigenvalue weighted by Crippen LogP contribution is -1.91. The number of hydrogen-bond donors (Lipinski definition) is 0. The summed E-state index contributed by atoms with van der Waals surface area (Å²) in [5.41, 5.74) is 5.09. The predicted octanol–water partition coefficient (Wildman–Crippen LogP) is 3.05. The van der Waals surface area contributed by atoms with Crippen molar-refractivity contribution in [1.29, 1.82) is 0 Å². The minimum absolute atomic E-state index is 0.660. The second kappa shape index (κ2) is 4.69. The highest BCUT2D eigenvalue weighted by molar-refractivity contribution is 5.74. The Balaban J connectivity index is 1.98. The molecule has 3 nitrogen and oxygen atoms in total. The standard InChI is InChI=1S/C16H14N2O/c1-12-4-2-3-5-14(12)8-15-10-18-9-13(11-19)6-7-16(18)17-15/h2-7,9-11H,8H2,1H3. The molecule has 0 bridgehead atoms. The van der Waals surface area contributed by atoms with Crippen molar-refractivity contribution in [3.05, 3.63) is 71.2 Å². The fourth-order valence-electron chi connectivity index (χ4n) is 2.22. The summed E-state index contributed by atoms with van der Waals surface area (Å²) < 4.78 is 1.90. The number of benzene rings is 1. The van der Waals surface area contributed by atoms with Gasteiger partial charge in [0.25, 0.3) is 0 Å². The fraction of sp³-hybridized carbons (Fsp3) is 0.125. The zero-order valence-corrected chi connectivity index (χ0v) is 10.7. The van der Waals surface area contributed by atoms with E-state index in [9.17, 15) is 4.79 Å². The average molecular weight is 250 g/mol. The number of fused-ring (bicyclic) bond motifs is 1. The first kappa shape index (κ1) is 11.7. The molecule has 0 spiro atoms. The summed E-state index contributed by atoms with van der Waals surface area (Å²) >= 11 is 0. The molecule has 2 heterocycles. The van der Waals surface area contributed by atoms with Crippen molar-refractivity contribution >= 4 is 11.9 Å². The van der Waals surface area contributed by atoms with E-state index in [-0.39, 0.29) is 0 Å². The van der Waals surface area contributed by atoms with Crippen LogP contribution in [0.3, 0.4) is 0 Å². The quantitative estimate of drug-likeness (QED) is 0.669. The van der Waals surface area contributed by atoms with Gasteiger partial charge in [-0.25, -0.2) is 4.98 Å². The Morgan fingerprint density at radius 2 is 2.00 bits per heavy atom. The fourth-order valence-corrected chi connectivity index (χ4v) is 2.22. The summed E-state index contributed by atoms with van der Waals surface area (Å²) in [5.74, 6) is 0. The molecule has 1 aromatic carbocycles. The van der Waals surface area contributed by atoms with E-state index in [1.54, 1.807) is 12.3 Å². The number of nitrogens with zero attached hydrogens (tertiary/aromatic N) is 2. The highest BCUT2D eigenvalue weighted by atomic mass is 16.1. The summed E-state index contributed by atoms with van der Waals surface area (Å²) in [7, 11) is 0. The van der Waals surface area contributed by atoms with E-state index in [0.29, 0.717) is 5.56 Å². The van der Waals surface area contributed by atoms with Crippen LogP contribution in [0.2, 0.25) is 0 Å². The number of pyridine rings is 1. The Morgan fingerprint density at radius 1 is 1.16 bits per heavy atom. The number of carbonyl (C=O) groups excluding carboxylic acids is 1. The maximum atomic E-state index is 10.8. The van der Waals surface area contributed by atoms with E-state index in [1.165, 1.54) is 11.1 Å². The van der Waals surface area contributed by atoms with Gasteiger partial charge in [0.15, 0.2) is 6.29 Å². The van der Waals surface area contributed by atoms with Gasteiger partial charge in [0.2, 0.25) is 0 Å². The number of aryl methyl sites for hydroxylation is 1. The number of imidazole rings is 1. The first-order chi connectivity index (χ1) is 9.26. The molecule has 94 valence electrons. The second-order valence-corrected chi connectivity index (χ2v) is 4.68. The molecule has 0 fully saturated rings. The third kappa shape index (κ3) is 2.27. The summed E-state index contributed by atoms with van der Waals surface area (Å²) in [5, 5.41) is 0. The maximum Gasteiger partial charge on any atom is 0.151 e. The topological polar surface area (TPSA) is 34.4 Å². The smallest absolute Gasteiger partial charge is 0.151 e. The van der Waals surface area contributed by atoms with Crippen LogP contribution >= 0.6 is 0 Å². The van der Waals surface area contributed by atoms with Gasteiger partial charge < -0.3 is 4.40 Å². The van der Waals surface area contributed by atoms with Crippen LogP contribution in [0.5, 0.6) is 0 Å². The molecule has 19 heavy (non-hydrogen) atoms. The van der Waals surface area contributed by atoms with Gasteiger partial charge in [-0.1, -0.05) is 24.3 Å². The van der Waals surface area contributed by atoms with E-state index in [2.05, 4.69) is 24.0 Å². The normalized spacial score (nSPS) is 10.8.